The van der Waals surface area contributed by atoms with Gasteiger partial charge in [0, 0.05) is 16.5 Å². The standard InChI is InChI=1S/C27H30N2O2/c1-5-27(6-2)21-9-7-8-10-23(21)30-24-12-11-19(16-22(24)27)25-28-29-26(31-25)20-14-17(3)13-18(4)15-20/h7-16,25-26,28-29H,5-6H2,1-4H3. The number of aryl methyl sites for hydroxylation is 2. The van der Waals surface area contributed by atoms with Crippen molar-refractivity contribution >= 4 is 0 Å². The van der Waals surface area contributed by atoms with E-state index in [0.29, 0.717) is 0 Å². The predicted molar refractivity (Wildman–Crippen MR) is 123 cm³/mol. The normalized spacial score (nSPS) is 21.3. The second kappa shape index (κ2) is 7.79. The molecule has 2 unspecified atom stereocenters. The van der Waals surface area contributed by atoms with E-state index in [9.17, 15) is 0 Å². The van der Waals surface area contributed by atoms with Gasteiger partial charge in [-0.3, -0.25) is 0 Å². The lowest BCUT2D eigenvalue weighted by molar-refractivity contribution is 0.0339. The fourth-order valence-corrected chi connectivity index (χ4v) is 5.24. The molecule has 31 heavy (non-hydrogen) atoms. The summed E-state index contributed by atoms with van der Waals surface area (Å²) in [5.74, 6) is 1.92. The Morgan fingerprint density at radius 3 is 2.10 bits per heavy atom. The van der Waals surface area contributed by atoms with E-state index in [2.05, 4.69) is 93.1 Å². The fourth-order valence-electron chi connectivity index (χ4n) is 5.24. The van der Waals surface area contributed by atoms with Crippen molar-refractivity contribution in [1.82, 2.24) is 10.9 Å². The van der Waals surface area contributed by atoms with Gasteiger partial charge < -0.3 is 9.47 Å². The molecule has 2 aliphatic heterocycles. The van der Waals surface area contributed by atoms with Crippen molar-refractivity contribution in [2.24, 2.45) is 0 Å². The first-order chi connectivity index (χ1) is 15.0. The first-order valence-electron chi connectivity index (χ1n) is 11.2. The summed E-state index contributed by atoms with van der Waals surface area (Å²) in [7, 11) is 0. The molecule has 4 heteroatoms. The minimum Gasteiger partial charge on any atom is -0.457 e. The molecule has 0 aliphatic carbocycles. The van der Waals surface area contributed by atoms with Crippen molar-refractivity contribution in [2.75, 3.05) is 0 Å². The maximum Gasteiger partial charge on any atom is 0.149 e. The molecule has 0 radical (unpaired) electrons. The highest BCUT2D eigenvalue weighted by atomic mass is 16.5. The summed E-state index contributed by atoms with van der Waals surface area (Å²) in [5, 5.41) is 0. The highest BCUT2D eigenvalue weighted by Crippen LogP contribution is 2.52. The number of hydrazine groups is 1. The van der Waals surface area contributed by atoms with Crippen LogP contribution in [0.5, 0.6) is 11.5 Å². The first-order valence-corrected chi connectivity index (χ1v) is 11.2. The number of hydrogen-bond acceptors (Lipinski definition) is 4. The van der Waals surface area contributed by atoms with E-state index in [1.165, 1.54) is 22.3 Å². The van der Waals surface area contributed by atoms with Crippen molar-refractivity contribution in [3.8, 4) is 11.5 Å². The van der Waals surface area contributed by atoms with Crippen LogP contribution in [0.2, 0.25) is 0 Å². The number of ether oxygens (including phenoxy) is 2. The molecule has 2 N–H and O–H groups in total. The zero-order chi connectivity index (χ0) is 21.6. The third-order valence-electron chi connectivity index (χ3n) is 6.82. The highest BCUT2D eigenvalue weighted by molar-refractivity contribution is 5.58. The Bertz CT molecular complexity index is 1100. The first kappa shape index (κ1) is 20.3. The number of benzene rings is 3. The lowest BCUT2D eigenvalue weighted by atomic mass is 9.68. The molecule has 1 saturated heterocycles. The van der Waals surface area contributed by atoms with Gasteiger partial charge in [0.05, 0.1) is 0 Å². The molecule has 0 saturated carbocycles. The van der Waals surface area contributed by atoms with Crippen LogP contribution in [0, 0.1) is 13.8 Å². The van der Waals surface area contributed by atoms with E-state index in [4.69, 9.17) is 9.47 Å². The monoisotopic (exact) mass is 414 g/mol. The van der Waals surface area contributed by atoms with Gasteiger partial charge in [-0.1, -0.05) is 67.4 Å². The average molecular weight is 415 g/mol. The Kier molecular flexibility index (Phi) is 5.09. The van der Waals surface area contributed by atoms with Gasteiger partial charge in [0.15, 0.2) is 0 Å². The Balaban J connectivity index is 1.49. The Morgan fingerprint density at radius 1 is 0.742 bits per heavy atom. The van der Waals surface area contributed by atoms with Crippen molar-refractivity contribution < 1.29 is 9.47 Å². The van der Waals surface area contributed by atoms with Crippen molar-refractivity contribution in [1.29, 1.82) is 0 Å². The van der Waals surface area contributed by atoms with E-state index < -0.39 is 0 Å². The van der Waals surface area contributed by atoms with Crippen molar-refractivity contribution in [2.45, 2.75) is 58.4 Å². The van der Waals surface area contributed by atoms with Crippen LogP contribution in [0.1, 0.15) is 72.5 Å². The van der Waals surface area contributed by atoms with Gasteiger partial charge >= 0.3 is 0 Å². The van der Waals surface area contributed by atoms with Crippen LogP contribution < -0.4 is 15.6 Å². The number of hydrogen-bond donors (Lipinski definition) is 2. The summed E-state index contributed by atoms with van der Waals surface area (Å²) < 4.78 is 12.7. The molecule has 2 aliphatic rings. The van der Waals surface area contributed by atoms with E-state index in [0.717, 1.165) is 35.5 Å². The Labute approximate surface area is 184 Å². The van der Waals surface area contributed by atoms with Gasteiger partial charge in [-0.2, -0.15) is 0 Å². The molecule has 4 nitrogen and oxygen atoms in total. The molecular formula is C27H30N2O2. The quantitative estimate of drug-likeness (QED) is 0.523. The Hall–Kier alpha value is -2.66. The zero-order valence-electron chi connectivity index (χ0n) is 18.7. The summed E-state index contributed by atoms with van der Waals surface area (Å²) in [6, 6.07) is 21.4. The van der Waals surface area contributed by atoms with E-state index in [1.54, 1.807) is 0 Å². The predicted octanol–water partition coefficient (Wildman–Crippen LogP) is 6.34. The molecule has 0 aromatic heterocycles. The topological polar surface area (TPSA) is 42.5 Å². The summed E-state index contributed by atoms with van der Waals surface area (Å²) >= 11 is 0. The molecule has 1 fully saturated rings. The van der Waals surface area contributed by atoms with Crippen LogP contribution in [0.15, 0.2) is 60.7 Å². The van der Waals surface area contributed by atoms with Crippen LogP contribution in [-0.2, 0) is 10.2 Å². The molecule has 0 bridgehead atoms. The average Bonchev–Trinajstić information content (AvgIpc) is 3.27. The number of nitrogens with one attached hydrogen (secondary N) is 2. The summed E-state index contributed by atoms with van der Waals surface area (Å²) in [5.41, 5.74) is 13.8. The number of para-hydroxylation sites is 1. The summed E-state index contributed by atoms with van der Waals surface area (Å²) in [6.07, 6.45) is 1.63. The molecule has 0 spiro atoms. The van der Waals surface area contributed by atoms with Crippen molar-refractivity contribution in [3.63, 3.8) is 0 Å². The zero-order valence-corrected chi connectivity index (χ0v) is 18.7. The second-order valence-corrected chi connectivity index (χ2v) is 8.75. The number of fused-ring (bicyclic) bond motifs is 2. The molecule has 2 atom stereocenters. The van der Waals surface area contributed by atoms with Gasteiger partial charge in [-0.05, 0) is 56.0 Å². The van der Waals surface area contributed by atoms with Gasteiger partial charge in [0.25, 0.3) is 0 Å². The summed E-state index contributed by atoms with van der Waals surface area (Å²) in [6.45, 7) is 8.77. The maximum atomic E-state index is 6.38. The van der Waals surface area contributed by atoms with Gasteiger partial charge in [0.1, 0.15) is 24.0 Å². The van der Waals surface area contributed by atoms with Gasteiger partial charge in [-0.25, -0.2) is 10.9 Å². The largest absolute Gasteiger partial charge is 0.457 e. The van der Waals surface area contributed by atoms with Crippen LogP contribution in [0.3, 0.4) is 0 Å². The molecule has 3 aromatic rings. The van der Waals surface area contributed by atoms with Crippen molar-refractivity contribution in [3.05, 3.63) is 94.0 Å². The van der Waals surface area contributed by atoms with E-state index in [1.807, 2.05) is 6.07 Å². The lowest BCUT2D eigenvalue weighted by Crippen LogP contribution is -2.31. The van der Waals surface area contributed by atoms with E-state index in [-0.39, 0.29) is 17.9 Å². The molecule has 3 aromatic carbocycles. The van der Waals surface area contributed by atoms with Gasteiger partial charge in [0.2, 0.25) is 0 Å². The minimum absolute atomic E-state index is 0.0563. The Morgan fingerprint density at radius 2 is 1.39 bits per heavy atom. The summed E-state index contributed by atoms with van der Waals surface area (Å²) in [4.78, 5) is 0. The molecule has 2 heterocycles. The third-order valence-corrected chi connectivity index (χ3v) is 6.82. The molecule has 0 amide bonds. The molecule has 160 valence electrons. The van der Waals surface area contributed by atoms with Crippen LogP contribution in [-0.4, -0.2) is 0 Å². The maximum absolute atomic E-state index is 6.38. The third kappa shape index (κ3) is 3.35. The second-order valence-electron chi connectivity index (χ2n) is 8.75. The lowest BCUT2D eigenvalue weighted by Gasteiger charge is -2.39. The molecule has 5 rings (SSSR count). The van der Waals surface area contributed by atoms with E-state index >= 15 is 0 Å². The smallest absolute Gasteiger partial charge is 0.149 e. The highest BCUT2D eigenvalue weighted by Gasteiger charge is 2.40. The minimum atomic E-state index is -0.222. The van der Waals surface area contributed by atoms with Crippen LogP contribution in [0.25, 0.3) is 0 Å². The van der Waals surface area contributed by atoms with Crippen LogP contribution in [0.4, 0.5) is 0 Å². The van der Waals surface area contributed by atoms with Crippen LogP contribution >= 0.6 is 0 Å². The number of rotatable bonds is 4. The fraction of sp³-hybridized carbons (Fsp3) is 0.333. The molecular weight excluding hydrogens is 384 g/mol. The van der Waals surface area contributed by atoms with Gasteiger partial charge in [-0.15, -0.1) is 0 Å². The SMILES string of the molecule is CCC1(CC)c2ccccc2Oc2ccc(C3NNC(c4cc(C)cc(C)c4)O3)cc21.